The number of benzene rings is 1. The molecule has 0 unspecified atom stereocenters. The standard InChI is InChI=1S/C19H20FN3O3/c1-11-6-17(21-26-11)19(25)22-8-14-9-23(12(2)24)18(16(14)10-22)13-4-3-5-15(20)7-13/h3-7,14,16,18H,8-10H2,1-2H3/t14-,16-,18+/m1/s1. The number of hydrogen-bond acceptors (Lipinski definition) is 4. The Morgan fingerprint density at radius 2 is 2.04 bits per heavy atom. The molecule has 2 aliphatic rings. The molecule has 4 rings (SSSR count). The van der Waals surface area contributed by atoms with Crippen molar-refractivity contribution in [3.63, 3.8) is 0 Å². The normalized spacial score (nSPS) is 24.8. The van der Waals surface area contributed by atoms with Gasteiger partial charge in [0, 0.05) is 44.5 Å². The number of halogens is 1. The first-order valence-corrected chi connectivity index (χ1v) is 8.69. The fourth-order valence-electron chi connectivity index (χ4n) is 4.28. The highest BCUT2D eigenvalue weighted by Crippen LogP contribution is 2.45. The van der Waals surface area contributed by atoms with E-state index in [0.717, 1.165) is 5.56 Å². The quantitative estimate of drug-likeness (QED) is 0.828. The van der Waals surface area contributed by atoms with Gasteiger partial charge in [0.1, 0.15) is 11.6 Å². The zero-order chi connectivity index (χ0) is 18.4. The van der Waals surface area contributed by atoms with E-state index in [0.29, 0.717) is 31.1 Å². The van der Waals surface area contributed by atoms with Gasteiger partial charge in [-0.2, -0.15) is 0 Å². The first kappa shape index (κ1) is 16.8. The number of carbonyl (C=O) groups is 2. The van der Waals surface area contributed by atoms with Crippen LogP contribution < -0.4 is 0 Å². The Bertz CT molecular complexity index is 865. The molecule has 26 heavy (non-hydrogen) atoms. The van der Waals surface area contributed by atoms with Gasteiger partial charge in [0.2, 0.25) is 5.91 Å². The third kappa shape index (κ3) is 2.77. The summed E-state index contributed by atoms with van der Waals surface area (Å²) in [5.41, 5.74) is 1.08. The molecule has 0 saturated carbocycles. The predicted molar refractivity (Wildman–Crippen MR) is 90.7 cm³/mol. The zero-order valence-corrected chi connectivity index (χ0v) is 14.7. The molecule has 2 fully saturated rings. The average molecular weight is 357 g/mol. The molecule has 3 heterocycles. The minimum atomic E-state index is -0.321. The number of likely N-dealkylation sites (tertiary alicyclic amines) is 2. The van der Waals surface area contributed by atoms with Crippen LogP contribution in [-0.2, 0) is 4.79 Å². The number of carbonyl (C=O) groups excluding carboxylic acids is 2. The first-order chi connectivity index (χ1) is 12.4. The molecule has 1 aromatic heterocycles. The van der Waals surface area contributed by atoms with Crippen molar-refractivity contribution < 1.29 is 18.5 Å². The second kappa shape index (κ2) is 6.23. The highest BCUT2D eigenvalue weighted by atomic mass is 19.1. The summed E-state index contributed by atoms with van der Waals surface area (Å²) in [6, 6.07) is 7.79. The Kier molecular flexibility index (Phi) is 4.01. The summed E-state index contributed by atoms with van der Waals surface area (Å²) < 4.78 is 18.7. The SMILES string of the molecule is CC(=O)N1C[C@H]2CN(C(=O)c3cc(C)on3)C[C@H]2[C@@H]1c1cccc(F)c1. The van der Waals surface area contributed by atoms with Gasteiger partial charge >= 0.3 is 0 Å². The fraction of sp³-hybridized carbons (Fsp3) is 0.421. The number of hydrogen-bond donors (Lipinski definition) is 0. The highest BCUT2D eigenvalue weighted by Gasteiger charge is 2.49. The molecule has 136 valence electrons. The van der Waals surface area contributed by atoms with Crippen LogP contribution in [0.25, 0.3) is 0 Å². The van der Waals surface area contributed by atoms with Crippen molar-refractivity contribution in [2.45, 2.75) is 19.9 Å². The molecule has 2 aliphatic heterocycles. The monoisotopic (exact) mass is 357 g/mol. The number of rotatable bonds is 2. The van der Waals surface area contributed by atoms with E-state index in [4.69, 9.17) is 4.52 Å². The highest BCUT2D eigenvalue weighted by molar-refractivity contribution is 5.92. The van der Waals surface area contributed by atoms with Crippen molar-refractivity contribution in [2.24, 2.45) is 11.8 Å². The summed E-state index contributed by atoms with van der Waals surface area (Å²) in [7, 11) is 0. The molecule has 0 radical (unpaired) electrons. The fourth-order valence-corrected chi connectivity index (χ4v) is 4.28. The van der Waals surface area contributed by atoms with Crippen LogP contribution in [0.5, 0.6) is 0 Å². The predicted octanol–water partition coefficient (Wildman–Crippen LogP) is 2.41. The van der Waals surface area contributed by atoms with Gasteiger partial charge in [-0.1, -0.05) is 17.3 Å². The lowest BCUT2D eigenvalue weighted by Crippen LogP contribution is -2.36. The molecule has 0 N–H and O–H groups in total. The molecule has 2 saturated heterocycles. The van der Waals surface area contributed by atoms with Gasteiger partial charge in [0.15, 0.2) is 5.69 Å². The van der Waals surface area contributed by atoms with Crippen LogP contribution in [0.15, 0.2) is 34.9 Å². The lowest BCUT2D eigenvalue weighted by atomic mass is 9.89. The first-order valence-electron chi connectivity index (χ1n) is 8.69. The third-order valence-corrected chi connectivity index (χ3v) is 5.39. The summed E-state index contributed by atoms with van der Waals surface area (Å²) in [5.74, 6) is 0.329. The van der Waals surface area contributed by atoms with E-state index in [2.05, 4.69) is 5.16 Å². The molecule has 2 aromatic rings. The zero-order valence-electron chi connectivity index (χ0n) is 14.7. The van der Waals surface area contributed by atoms with Crippen LogP contribution in [0.1, 0.15) is 34.8 Å². The number of aromatic nitrogens is 1. The van der Waals surface area contributed by atoms with Crippen LogP contribution in [0, 0.1) is 24.6 Å². The Labute approximate surface area is 150 Å². The van der Waals surface area contributed by atoms with Gasteiger partial charge in [0.25, 0.3) is 5.91 Å². The van der Waals surface area contributed by atoms with Gasteiger partial charge in [-0.3, -0.25) is 9.59 Å². The van der Waals surface area contributed by atoms with E-state index in [1.165, 1.54) is 19.1 Å². The van der Waals surface area contributed by atoms with Gasteiger partial charge in [-0.15, -0.1) is 0 Å². The van der Waals surface area contributed by atoms with Crippen molar-refractivity contribution in [3.8, 4) is 0 Å². The minimum Gasteiger partial charge on any atom is -0.361 e. The summed E-state index contributed by atoms with van der Waals surface area (Å²) >= 11 is 0. The smallest absolute Gasteiger partial charge is 0.276 e. The van der Waals surface area contributed by atoms with Crippen molar-refractivity contribution in [3.05, 3.63) is 53.2 Å². The summed E-state index contributed by atoms with van der Waals surface area (Å²) in [6.07, 6.45) is 0. The van der Waals surface area contributed by atoms with E-state index in [1.807, 2.05) is 6.07 Å². The Hall–Kier alpha value is -2.70. The second-order valence-corrected chi connectivity index (χ2v) is 7.13. The van der Waals surface area contributed by atoms with Crippen molar-refractivity contribution in [1.82, 2.24) is 15.0 Å². The maximum absolute atomic E-state index is 13.7. The van der Waals surface area contributed by atoms with Crippen molar-refractivity contribution in [1.29, 1.82) is 0 Å². The van der Waals surface area contributed by atoms with Crippen LogP contribution in [0.3, 0.4) is 0 Å². The van der Waals surface area contributed by atoms with Gasteiger partial charge in [-0.05, 0) is 24.6 Å². The second-order valence-electron chi connectivity index (χ2n) is 7.13. The molecular formula is C19H20FN3O3. The average Bonchev–Trinajstić information content (AvgIpc) is 3.27. The molecule has 1 aromatic carbocycles. The largest absolute Gasteiger partial charge is 0.361 e. The maximum atomic E-state index is 13.7. The third-order valence-electron chi connectivity index (χ3n) is 5.39. The number of amides is 2. The Morgan fingerprint density at radius 3 is 2.69 bits per heavy atom. The lowest BCUT2D eigenvalue weighted by Gasteiger charge is -2.29. The van der Waals surface area contributed by atoms with E-state index in [1.54, 1.807) is 28.9 Å². The molecule has 2 amide bonds. The van der Waals surface area contributed by atoms with Crippen LogP contribution >= 0.6 is 0 Å². The molecule has 0 bridgehead atoms. The van der Waals surface area contributed by atoms with Crippen molar-refractivity contribution >= 4 is 11.8 Å². The summed E-state index contributed by atoms with van der Waals surface area (Å²) in [5, 5.41) is 3.81. The topological polar surface area (TPSA) is 66.7 Å². The van der Waals surface area contributed by atoms with E-state index in [-0.39, 0.29) is 35.5 Å². The molecule has 6 nitrogen and oxygen atoms in total. The number of aryl methyl sites for hydroxylation is 1. The minimum absolute atomic E-state index is 0.0290. The van der Waals surface area contributed by atoms with Crippen molar-refractivity contribution in [2.75, 3.05) is 19.6 Å². The van der Waals surface area contributed by atoms with Gasteiger partial charge in [0.05, 0.1) is 6.04 Å². The van der Waals surface area contributed by atoms with Crippen LogP contribution in [0.4, 0.5) is 4.39 Å². The number of fused-ring (bicyclic) bond motifs is 1. The van der Waals surface area contributed by atoms with E-state index >= 15 is 0 Å². The Morgan fingerprint density at radius 1 is 1.23 bits per heavy atom. The Balaban J connectivity index is 1.60. The molecule has 0 spiro atoms. The van der Waals surface area contributed by atoms with E-state index in [9.17, 15) is 14.0 Å². The van der Waals surface area contributed by atoms with Gasteiger partial charge in [-0.25, -0.2) is 4.39 Å². The summed E-state index contributed by atoms with van der Waals surface area (Å²) in [6.45, 7) is 4.93. The van der Waals surface area contributed by atoms with Crippen LogP contribution in [0.2, 0.25) is 0 Å². The molecule has 3 atom stereocenters. The molecular weight excluding hydrogens is 337 g/mol. The van der Waals surface area contributed by atoms with E-state index < -0.39 is 0 Å². The van der Waals surface area contributed by atoms with Crippen LogP contribution in [-0.4, -0.2) is 46.4 Å². The molecule has 7 heteroatoms. The summed E-state index contributed by atoms with van der Waals surface area (Å²) in [4.78, 5) is 28.3. The maximum Gasteiger partial charge on any atom is 0.276 e. The lowest BCUT2D eigenvalue weighted by molar-refractivity contribution is -0.130. The molecule has 0 aliphatic carbocycles. The van der Waals surface area contributed by atoms with Gasteiger partial charge < -0.3 is 14.3 Å². The number of nitrogens with zero attached hydrogens (tertiary/aromatic N) is 3.